The average molecular weight is 345 g/mol. The van der Waals surface area contributed by atoms with Gasteiger partial charge in [0.15, 0.2) is 0 Å². The third-order valence-corrected chi connectivity index (χ3v) is 4.45. The van der Waals surface area contributed by atoms with Crippen molar-refractivity contribution >= 4 is 5.91 Å². The van der Waals surface area contributed by atoms with Gasteiger partial charge >= 0.3 is 0 Å². The number of likely N-dealkylation sites (tertiary alicyclic amines) is 1. The van der Waals surface area contributed by atoms with Crippen LogP contribution in [0.15, 0.2) is 16.7 Å². The highest BCUT2D eigenvalue weighted by Crippen LogP contribution is 2.23. The van der Waals surface area contributed by atoms with Crippen molar-refractivity contribution in [2.75, 3.05) is 13.1 Å². The fourth-order valence-corrected chi connectivity index (χ4v) is 3.01. The molecule has 1 saturated heterocycles. The number of H-pyrrole nitrogens is 1. The van der Waals surface area contributed by atoms with Gasteiger partial charge in [0.2, 0.25) is 5.89 Å². The van der Waals surface area contributed by atoms with Crippen LogP contribution in [0.5, 0.6) is 0 Å². The van der Waals surface area contributed by atoms with Crippen LogP contribution in [0.1, 0.15) is 39.8 Å². The van der Waals surface area contributed by atoms with Crippen molar-refractivity contribution in [2.45, 2.75) is 39.0 Å². The van der Waals surface area contributed by atoms with E-state index in [0.717, 1.165) is 11.5 Å². The average Bonchev–Trinajstić information content (AvgIpc) is 3.26. The highest BCUT2D eigenvalue weighted by molar-refractivity contribution is 5.94. The molecule has 3 heterocycles. The number of carbonyl (C=O) groups is 1. The summed E-state index contributed by atoms with van der Waals surface area (Å²) in [5.74, 6) is 1.03. The van der Waals surface area contributed by atoms with E-state index in [1.165, 1.54) is 12.3 Å². The van der Waals surface area contributed by atoms with Crippen LogP contribution in [0, 0.1) is 25.2 Å². The molecule has 0 saturated carbocycles. The molecule has 0 radical (unpaired) electrons. The van der Waals surface area contributed by atoms with Gasteiger partial charge in [0.1, 0.15) is 23.7 Å². The van der Waals surface area contributed by atoms with Gasteiger partial charge in [0.25, 0.3) is 5.91 Å². The number of halogens is 1. The first-order valence-electron chi connectivity index (χ1n) is 8.14. The van der Waals surface area contributed by atoms with E-state index in [1.54, 1.807) is 0 Å². The first kappa shape index (κ1) is 17.2. The number of amides is 1. The Bertz CT molecular complexity index is 787. The second kappa shape index (κ2) is 7.07. The van der Waals surface area contributed by atoms with Crippen LogP contribution in [0.4, 0.5) is 4.39 Å². The molecule has 0 unspecified atom stereocenters. The van der Waals surface area contributed by atoms with Gasteiger partial charge in [-0.2, -0.15) is 5.26 Å². The number of nitriles is 1. The van der Waals surface area contributed by atoms with E-state index in [0.29, 0.717) is 43.2 Å². The van der Waals surface area contributed by atoms with Gasteiger partial charge < -0.3 is 14.7 Å². The predicted octanol–water partition coefficient (Wildman–Crippen LogP) is 1.83. The number of nitrogens with zero attached hydrogens (tertiary/aromatic N) is 3. The summed E-state index contributed by atoms with van der Waals surface area (Å²) in [5.41, 5.74) is 1.54. The maximum absolute atomic E-state index is 13.9. The molecule has 2 N–H and O–H groups in total. The minimum absolute atomic E-state index is 0.124. The Morgan fingerprint density at radius 2 is 2.40 bits per heavy atom. The van der Waals surface area contributed by atoms with Crippen molar-refractivity contribution in [3.63, 3.8) is 0 Å². The first-order valence-corrected chi connectivity index (χ1v) is 8.14. The normalized spacial score (nSPS) is 20.6. The molecule has 0 aromatic carbocycles. The molecule has 25 heavy (non-hydrogen) atoms. The largest absolute Gasteiger partial charge is 0.444 e. The number of hydrogen-bond donors (Lipinski definition) is 2. The Balaban J connectivity index is 1.59. The van der Waals surface area contributed by atoms with Crippen molar-refractivity contribution in [3.8, 4) is 6.07 Å². The molecule has 0 aliphatic carbocycles. The molecule has 1 amide bonds. The monoisotopic (exact) mass is 345 g/mol. The second-order valence-corrected chi connectivity index (χ2v) is 6.29. The Kier molecular flexibility index (Phi) is 4.86. The first-order chi connectivity index (χ1) is 12.0. The van der Waals surface area contributed by atoms with Crippen LogP contribution in [0.2, 0.25) is 0 Å². The lowest BCUT2D eigenvalue weighted by Crippen LogP contribution is -2.39. The highest BCUT2D eigenvalue weighted by Gasteiger charge is 2.33. The Morgan fingerprint density at radius 3 is 3.04 bits per heavy atom. The summed E-state index contributed by atoms with van der Waals surface area (Å²) in [5, 5.41) is 11.6. The lowest BCUT2D eigenvalue weighted by molar-refractivity contribution is 0.0938. The lowest BCUT2D eigenvalue weighted by Gasteiger charge is -2.22. The van der Waals surface area contributed by atoms with E-state index in [1.807, 2.05) is 24.8 Å². The third kappa shape index (κ3) is 3.88. The van der Waals surface area contributed by atoms with Gasteiger partial charge in [0.05, 0.1) is 17.8 Å². The Labute approximate surface area is 144 Å². The van der Waals surface area contributed by atoms with Crippen LogP contribution in [-0.2, 0) is 6.54 Å². The fourth-order valence-electron chi connectivity index (χ4n) is 3.01. The molecule has 7 nitrogen and oxygen atoms in total. The maximum atomic E-state index is 13.9. The summed E-state index contributed by atoms with van der Waals surface area (Å²) in [7, 11) is 0. The van der Waals surface area contributed by atoms with Crippen molar-refractivity contribution in [3.05, 3.63) is 40.9 Å². The minimum Gasteiger partial charge on any atom is -0.444 e. The zero-order valence-electron chi connectivity index (χ0n) is 14.2. The van der Waals surface area contributed by atoms with E-state index < -0.39 is 6.17 Å². The summed E-state index contributed by atoms with van der Waals surface area (Å²) in [6.07, 6.45) is 0.906. The number of hydrogen-bond acceptors (Lipinski definition) is 5. The van der Waals surface area contributed by atoms with Gasteiger partial charge in [-0.25, -0.2) is 9.37 Å². The van der Waals surface area contributed by atoms with Crippen LogP contribution in [0.25, 0.3) is 0 Å². The summed E-state index contributed by atoms with van der Waals surface area (Å²) in [6, 6.07) is 3.30. The number of aryl methyl sites for hydroxylation is 2. The molecule has 1 aliphatic heterocycles. The van der Waals surface area contributed by atoms with Crippen LogP contribution in [-0.4, -0.2) is 46.1 Å². The predicted molar refractivity (Wildman–Crippen MR) is 87.5 cm³/mol. The number of alkyl halides is 1. The molecule has 132 valence electrons. The number of carbonyl (C=O) groups excluding carboxylic acids is 1. The summed E-state index contributed by atoms with van der Waals surface area (Å²) in [6.45, 7) is 4.75. The molecular formula is C17H20FN5O2. The molecule has 1 fully saturated rings. The molecule has 3 rings (SSSR count). The zero-order chi connectivity index (χ0) is 18.0. The van der Waals surface area contributed by atoms with Crippen molar-refractivity contribution < 1.29 is 13.6 Å². The molecule has 2 aromatic rings. The van der Waals surface area contributed by atoms with Gasteiger partial charge in [-0.3, -0.25) is 9.69 Å². The topological polar surface area (TPSA) is 98.0 Å². The number of nitrogens with one attached hydrogen (secondary N) is 2. The SMILES string of the molecule is Cc1nc(CN2C[C@@H](F)C[C@H]2CNC(=O)c2c[nH]c(C#N)c2)oc1C. The molecular weight excluding hydrogens is 325 g/mol. The number of rotatable bonds is 5. The summed E-state index contributed by atoms with van der Waals surface area (Å²) in [4.78, 5) is 21.1. The van der Waals surface area contributed by atoms with E-state index in [4.69, 9.17) is 9.68 Å². The van der Waals surface area contributed by atoms with Crippen LogP contribution >= 0.6 is 0 Å². The zero-order valence-corrected chi connectivity index (χ0v) is 14.2. The molecule has 2 aromatic heterocycles. The molecule has 0 spiro atoms. The Hall–Kier alpha value is -2.66. The van der Waals surface area contributed by atoms with Gasteiger partial charge in [-0.15, -0.1) is 0 Å². The molecule has 2 atom stereocenters. The minimum atomic E-state index is -0.934. The highest BCUT2D eigenvalue weighted by atomic mass is 19.1. The third-order valence-electron chi connectivity index (χ3n) is 4.45. The molecule has 0 bridgehead atoms. The van der Waals surface area contributed by atoms with Crippen molar-refractivity contribution in [1.82, 2.24) is 20.2 Å². The summed E-state index contributed by atoms with van der Waals surface area (Å²) >= 11 is 0. The molecule has 1 aliphatic rings. The Morgan fingerprint density at radius 1 is 1.60 bits per heavy atom. The van der Waals surface area contributed by atoms with Crippen molar-refractivity contribution in [1.29, 1.82) is 5.26 Å². The van der Waals surface area contributed by atoms with Crippen LogP contribution in [0.3, 0.4) is 0 Å². The summed E-state index contributed by atoms with van der Waals surface area (Å²) < 4.78 is 19.4. The van der Waals surface area contributed by atoms with Gasteiger partial charge in [-0.1, -0.05) is 0 Å². The van der Waals surface area contributed by atoms with Gasteiger partial charge in [0, 0.05) is 25.3 Å². The van der Waals surface area contributed by atoms with Crippen LogP contribution < -0.4 is 5.32 Å². The smallest absolute Gasteiger partial charge is 0.252 e. The maximum Gasteiger partial charge on any atom is 0.252 e. The van der Waals surface area contributed by atoms with E-state index in [2.05, 4.69) is 15.3 Å². The lowest BCUT2D eigenvalue weighted by atomic mass is 10.2. The second-order valence-electron chi connectivity index (χ2n) is 6.29. The number of oxazole rings is 1. The number of aromatic amines is 1. The van der Waals surface area contributed by atoms with E-state index in [-0.39, 0.29) is 11.9 Å². The van der Waals surface area contributed by atoms with E-state index >= 15 is 0 Å². The quantitative estimate of drug-likeness (QED) is 0.861. The fraction of sp³-hybridized carbons (Fsp3) is 0.471. The van der Waals surface area contributed by atoms with E-state index in [9.17, 15) is 9.18 Å². The standard InChI is InChI=1S/C17H20FN5O2/c1-10-11(2)25-16(22-10)9-23-8-13(18)4-15(23)7-21-17(24)12-3-14(5-19)20-6-12/h3,6,13,15,20H,4,7-9H2,1-2H3,(H,21,24)/t13-,15-/m0/s1. The van der Waals surface area contributed by atoms with Crippen molar-refractivity contribution in [2.24, 2.45) is 0 Å². The number of aromatic nitrogens is 2. The molecule has 8 heteroatoms. The van der Waals surface area contributed by atoms with Gasteiger partial charge in [-0.05, 0) is 26.3 Å².